The molecule has 0 atom stereocenters. The highest BCUT2D eigenvalue weighted by atomic mass is 15.1. The highest BCUT2D eigenvalue weighted by molar-refractivity contribution is 6.03. The molecule has 0 aromatic heterocycles. The molecule has 2 aliphatic rings. The second kappa shape index (κ2) is 8.69. The molecule has 0 fully saturated rings. The van der Waals surface area contributed by atoms with Gasteiger partial charge >= 0.3 is 0 Å². The Balaban J connectivity index is 1.22. The first-order valence-corrected chi connectivity index (χ1v) is 14.3. The van der Waals surface area contributed by atoms with Crippen LogP contribution in [0.5, 0.6) is 0 Å². The molecule has 0 heterocycles. The SMILES string of the molecule is Cc1ccc(N(c2ccc(C)cc2)c2ccc3c(c2)Cc2cc4c(cc2-3)Cc2cc(C)c3ccccc3c2-4)cc1. The Labute approximate surface area is 236 Å². The Morgan fingerprint density at radius 1 is 0.450 bits per heavy atom. The molecule has 8 rings (SSSR count). The van der Waals surface area contributed by atoms with E-state index in [2.05, 4.69) is 135 Å². The van der Waals surface area contributed by atoms with E-state index in [0.717, 1.165) is 12.8 Å². The number of fused-ring (bicyclic) bond motifs is 8. The molecule has 1 heteroatoms. The molecule has 0 amide bonds. The molecule has 6 aromatic carbocycles. The van der Waals surface area contributed by atoms with Crippen LogP contribution in [-0.4, -0.2) is 0 Å². The minimum Gasteiger partial charge on any atom is -0.310 e. The molecule has 0 radical (unpaired) electrons. The molecule has 0 unspecified atom stereocenters. The van der Waals surface area contributed by atoms with Gasteiger partial charge in [0.15, 0.2) is 0 Å². The van der Waals surface area contributed by atoms with Gasteiger partial charge in [-0.3, -0.25) is 0 Å². The van der Waals surface area contributed by atoms with Crippen LogP contribution >= 0.6 is 0 Å². The van der Waals surface area contributed by atoms with Crippen LogP contribution in [-0.2, 0) is 12.8 Å². The van der Waals surface area contributed by atoms with E-state index in [0.29, 0.717) is 0 Å². The zero-order valence-electron chi connectivity index (χ0n) is 23.3. The molecular formula is C39H31N. The fraction of sp³-hybridized carbons (Fsp3) is 0.128. The van der Waals surface area contributed by atoms with Gasteiger partial charge in [-0.2, -0.15) is 0 Å². The predicted molar refractivity (Wildman–Crippen MR) is 169 cm³/mol. The number of anilines is 3. The molecule has 6 aromatic rings. The minimum atomic E-state index is 0.973. The van der Waals surface area contributed by atoms with Gasteiger partial charge in [0.25, 0.3) is 0 Å². The van der Waals surface area contributed by atoms with E-state index in [4.69, 9.17) is 0 Å². The zero-order chi connectivity index (χ0) is 27.0. The maximum absolute atomic E-state index is 2.50. The van der Waals surface area contributed by atoms with Crippen molar-refractivity contribution in [1.82, 2.24) is 0 Å². The number of nitrogens with zero attached hydrogens (tertiary/aromatic N) is 1. The summed E-state index contributed by atoms with van der Waals surface area (Å²) in [6.45, 7) is 6.54. The first-order chi connectivity index (χ1) is 19.5. The second-order valence-electron chi connectivity index (χ2n) is 11.6. The molecule has 40 heavy (non-hydrogen) atoms. The summed E-state index contributed by atoms with van der Waals surface area (Å²) in [4.78, 5) is 2.38. The van der Waals surface area contributed by atoms with Crippen LogP contribution in [0.3, 0.4) is 0 Å². The number of benzene rings is 6. The number of hydrogen-bond donors (Lipinski definition) is 0. The molecule has 0 spiro atoms. The third-order valence-corrected chi connectivity index (χ3v) is 8.91. The van der Waals surface area contributed by atoms with E-state index in [-0.39, 0.29) is 0 Å². The number of hydrogen-bond acceptors (Lipinski definition) is 1. The minimum absolute atomic E-state index is 0.973. The predicted octanol–water partition coefficient (Wildman–Crippen LogP) is 10.4. The van der Waals surface area contributed by atoms with E-state index >= 15 is 0 Å². The summed E-state index contributed by atoms with van der Waals surface area (Å²) < 4.78 is 0. The maximum atomic E-state index is 2.50. The van der Waals surface area contributed by atoms with Crippen LogP contribution in [0.25, 0.3) is 33.0 Å². The summed E-state index contributed by atoms with van der Waals surface area (Å²) in [5.74, 6) is 0. The zero-order valence-corrected chi connectivity index (χ0v) is 23.3. The van der Waals surface area contributed by atoms with Crippen molar-refractivity contribution in [1.29, 1.82) is 0 Å². The van der Waals surface area contributed by atoms with Crippen LogP contribution in [0.2, 0.25) is 0 Å². The van der Waals surface area contributed by atoms with Crippen LogP contribution in [0.15, 0.2) is 109 Å². The summed E-state index contributed by atoms with van der Waals surface area (Å²) in [6.07, 6.45) is 1.99. The lowest BCUT2D eigenvalue weighted by Crippen LogP contribution is -2.10. The van der Waals surface area contributed by atoms with Gasteiger partial charge in [-0.1, -0.05) is 71.8 Å². The van der Waals surface area contributed by atoms with Gasteiger partial charge in [0.2, 0.25) is 0 Å². The lowest BCUT2D eigenvalue weighted by molar-refractivity contribution is 1.22. The quantitative estimate of drug-likeness (QED) is 0.227. The number of rotatable bonds is 3. The van der Waals surface area contributed by atoms with Crippen molar-refractivity contribution in [2.24, 2.45) is 0 Å². The third-order valence-electron chi connectivity index (χ3n) is 8.91. The Bertz CT molecular complexity index is 1910. The molecule has 0 saturated heterocycles. The lowest BCUT2D eigenvalue weighted by Gasteiger charge is -2.26. The molecular weight excluding hydrogens is 482 g/mol. The fourth-order valence-corrected chi connectivity index (χ4v) is 6.93. The van der Waals surface area contributed by atoms with Gasteiger partial charge in [-0.15, -0.1) is 0 Å². The molecule has 192 valence electrons. The summed E-state index contributed by atoms with van der Waals surface area (Å²) in [6, 6.07) is 41.1. The second-order valence-corrected chi connectivity index (χ2v) is 11.6. The van der Waals surface area contributed by atoms with Gasteiger partial charge in [-0.25, -0.2) is 0 Å². The van der Waals surface area contributed by atoms with Crippen molar-refractivity contribution < 1.29 is 0 Å². The first kappa shape index (κ1) is 23.3. The summed E-state index contributed by atoms with van der Waals surface area (Å²) in [5, 5.41) is 2.76. The Kier molecular flexibility index (Phi) is 5.06. The summed E-state index contributed by atoms with van der Waals surface area (Å²) in [5.41, 5.74) is 18.9. The van der Waals surface area contributed by atoms with Crippen molar-refractivity contribution in [2.45, 2.75) is 33.6 Å². The molecule has 2 aliphatic carbocycles. The van der Waals surface area contributed by atoms with E-state index in [9.17, 15) is 0 Å². The monoisotopic (exact) mass is 513 g/mol. The normalized spacial score (nSPS) is 12.7. The molecule has 1 nitrogen and oxygen atoms in total. The van der Waals surface area contributed by atoms with Crippen molar-refractivity contribution >= 4 is 27.8 Å². The summed E-state index contributed by atoms with van der Waals surface area (Å²) in [7, 11) is 0. The molecule has 0 aliphatic heterocycles. The Morgan fingerprint density at radius 3 is 1.70 bits per heavy atom. The van der Waals surface area contributed by atoms with E-state index in [1.54, 1.807) is 0 Å². The van der Waals surface area contributed by atoms with E-state index in [1.165, 1.54) is 89.0 Å². The van der Waals surface area contributed by atoms with E-state index in [1.807, 2.05) is 0 Å². The largest absolute Gasteiger partial charge is 0.310 e. The average molecular weight is 514 g/mol. The van der Waals surface area contributed by atoms with Crippen LogP contribution in [0.1, 0.15) is 38.9 Å². The van der Waals surface area contributed by atoms with Gasteiger partial charge in [0.05, 0.1) is 0 Å². The summed E-state index contributed by atoms with van der Waals surface area (Å²) >= 11 is 0. The van der Waals surface area contributed by atoms with Crippen molar-refractivity contribution in [3.05, 3.63) is 148 Å². The lowest BCUT2D eigenvalue weighted by atomic mass is 9.93. The van der Waals surface area contributed by atoms with Crippen molar-refractivity contribution in [3.63, 3.8) is 0 Å². The van der Waals surface area contributed by atoms with Gasteiger partial charge in [-0.05, 0) is 143 Å². The fourth-order valence-electron chi connectivity index (χ4n) is 6.93. The highest BCUT2D eigenvalue weighted by Crippen LogP contribution is 2.48. The topological polar surface area (TPSA) is 3.24 Å². The smallest absolute Gasteiger partial charge is 0.0464 e. The van der Waals surface area contributed by atoms with Crippen LogP contribution in [0, 0.1) is 20.8 Å². The number of aryl methyl sites for hydroxylation is 3. The highest BCUT2D eigenvalue weighted by Gasteiger charge is 2.27. The van der Waals surface area contributed by atoms with Crippen molar-refractivity contribution in [3.8, 4) is 22.3 Å². The average Bonchev–Trinajstić information content (AvgIpc) is 3.50. The Morgan fingerprint density at radius 2 is 1.00 bits per heavy atom. The molecule has 0 bridgehead atoms. The van der Waals surface area contributed by atoms with Gasteiger partial charge in [0.1, 0.15) is 0 Å². The van der Waals surface area contributed by atoms with Gasteiger partial charge < -0.3 is 4.90 Å². The van der Waals surface area contributed by atoms with Crippen molar-refractivity contribution in [2.75, 3.05) is 4.90 Å². The molecule has 0 saturated carbocycles. The van der Waals surface area contributed by atoms with Crippen LogP contribution < -0.4 is 4.90 Å². The maximum Gasteiger partial charge on any atom is 0.0464 e. The Hall–Kier alpha value is -4.62. The molecule has 0 N–H and O–H groups in total. The van der Waals surface area contributed by atoms with Gasteiger partial charge in [0, 0.05) is 17.1 Å². The third kappa shape index (κ3) is 3.54. The van der Waals surface area contributed by atoms with Crippen LogP contribution in [0.4, 0.5) is 17.1 Å². The first-order valence-electron chi connectivity index (χ1n) is 14.3. The standard InChI is InChI=1S/C39H31N/c1-24-8-12-31(13-9-24)40(32-14-10-25(2)11-15-32)33-16-17-35-27(21-33)19-28-23-38-29(22-37(28)35)20-30-18-26(3)34-6-4-5-7-36(34)39(30)38/h4-18,21-23H,19-20H2,1-3H3. The van der Waals surface area contributed by atoms with E-state index < -0.39 is 0 Å².